The molecule has 0 aliphatic carbocycles. The molecule has 4 heteroatoms. The lowest BCUT2D eigenvalue weighted by atomic mass is 10.1. The number of carbonyl (C=O) groups is 1. The SMILES string of the molecule is Cc1ccc(-c2ccc(CN(CCCCC(=O)O)C(C)C)s2)cc1. The molecule has 1 N–H and O–H groups in total. The zero-order chi connectivity index (χ0) is 17.5. The molecule has 3 nitrogen and oxygen atoms in total. The zero-order valence-electron chi connectivity index (χ0n) is 14.8. The summed E-state index contributed by atoms with van der Waals surface area (Å²) >= 11 is 1.85. The Morgan fingerprint density at radius 2 is 1.83 bits per heavy atom. The number of rotatable bonds is 9. The number of hydrogen-bond acceptors (Lipinski definition) is 3. The van der Waals surface area contributed by atoms with Crippen LogP contribution in [0.15, 0.2) is 36.4 Å². The standard InChI is InChI=1S/C20H27NO2S/c1-15(2)21(13-5-4-6-20(22)23)14-18-11-12-19(24-18)17-9-7-16(3)8-10-17/h7-12,15H,4-6,13-14H2,1-3H3,(H,22,23). The van der Waals surface area contributed by atoms with E-state index in [1.54, 1.807) is 0 Å². The summed E-state index contributed by atoms with van der Waals surface area (Å²) in [5.41, 5.74) is 2.55. The molecule has 0 amide bonds. The fraction of sp³-hybridized carbons (Fsp3) is 0.450. The normalized spacial score (nSPS) is 11.4. The first-order chi connectivity index (χ1) is 11.5. The van der Waals surface area contributed by atoms with Gasteiger partial charge in [0.1, 0.15) is 0 Å². The topological polar surface area (TPSA) is 40.5 Å². The van der Waals surface area contributed by atoms with E-state index >= 15 is 0 Å². The summed E-state index contributed by atoms with van der Waals surface area (Å²) in [6.45, 7) is 8.38. The fourth-order valence-corrected chi connectivity index (χ4v) is 3.69. The van der Waals surface area contributed by atoms with Crippen LogP contribution in [0.25, 0.3) is 10.4 Å². The highest BCUT2D eigenvalue weighted by Gasteiger charge is 2.12. The first kappa shape index (κ1) is 18.7. The Morgan fingerprint density at radius 3 is 2.46 bits per heavy atom. The van der Waals surface area contributed by atoms with Crippen LogP contribution in [-0.2, 0) is 11.3 Å². The lowest BCUT2D eigenvalue weighted by molar-refractivity contribution is -0.137. The Bertz CT molecular complexity index is 646. The zero-order valence-corrected chi connectivity index (χ0v) is 15.6. The first-order valence-electron chi connectivity index (χ1n) is 8.57. The predicted molar refractivity (Wildman–Crippen MR) is 102 cm³/mol. The number of benzene rings is 1. The highest BCUT2D eigenvalue weighted by atomic mass is 32.1. The maximum Gasteiger partial charge on any atom is 0.303 e. The number of aryl methyl sites for hydroxylation is 1. The van der Waals surface area contributed by atoms with Gasteiger partial charge in [-0.25, -0.2) is 0 Å². The molecular formula is C20H27NO2S. The molecule has 0 fully saturated rings. The molecule has 0 saturated carbocycles. The van der Waals surface area contributed by atoms with Crippen molar-refractivity contribution < 1.29 is 9.90 Å². The molecule has 0 spiro atoms. The Balaban J connectivity index is 1.94. The summed E-state index contributed by atoms with van der Waals surface area (Å²) in [6.07, 6.45) is 1.95. The second-order valence-corrected chi connectivity index (χ2v) is 7.72. The van der Waals surface area contributed by atoms with Gasteiger partial charge < -0.3 is 5.11 Å². The summed E-state index contributed by atoms with van der Waals surface area (Å²) in [6, 6.07) is 13.5. The molecule has 24 heavy (non-hydrogen) atoms. The van der Waals surface area contributed by atoms with Gasteiger partial charge >= 0.3 is 5.97 Å². The minimum atomic E-state index is -0.702. The van der Waals surface area contributed by atoms with Crippen LogP contribution in [0, 0.1) is 6.92 Å². The summed E-state index contributed by atoms with van der Waals surface area (Å²) < 4.78 is 0. The lowest BCUT2D eigenvalue weighted by Gasteiger charge is -2.25. The van der Waals surface area contributed by atoms with Crippen LogP contribution >= 0.6 is 11.3 Å². The number of carboxylic acids is 1. The Labute approximate surface area is 148 Å². The van der Waals surface area contributed by atoms with Gasteiger partial charge in [-0.15, -0.1) is 11.3 Å². The first-order valence-corrected chi connectivity index (χ1v) is 9.39. The van der Waals surface area contributed by atoms with Gasteiger partial charge in [-0.1, -0.05) is 29.8 Å². The maximum atomic E-state index is 10.6. The highest BCUT2D eigenvalue weighted by Crippen LogP contribution is 2.29. The smallest absolute Gasteiger partial charge is 0.303 e. The van der Waals surface area contributed by atoms with Crippen molar-refractivity contribution in [1.29, 1.82) is 0 Å². The molecule has 2 aromatic rings. The number of hydrogen-bond donors (Lipinski definition) is 1. The van der Waals surface area contributed by atoms with Crippen LogP contribution < -0.4 is 0 Å². The average Bonchev–Trinajstić information content (AvgIpc) is 2.99. The monoisotopic (exact) mass is 345 g/mol. The Kier molecular flexibility index (Phi) is 7.00. The molecular weight excluding hydrogens is 318 g/mol. The van der Waals surface area contributed by atoms with Gasteiger partial charge in [0.2, 0.25) is 0 Å². The van der Waals surface area contributed by atoms with E-state index < -0.39 is 5.97 Å². The number of thiophene rings is 1. The van der Waals surface area contributed by atoms with Crippen molar-refractivity contribution in [3.63, 3.8) is 0 Å². The number of unbranched alkanes of at least 4 members (excludes halogenated alkanes) is 1. The molecule has 0 aliphatic heterocycles. The molecule has 0 atom stereocenters. The highest BCUT2D eigenvalue weighted by molar-refractivity contribution is 7.15. The van der Waals surface area contributed by atoms with Crippen LogP contribution in [0.1, 0.15) is 43.6 Å². The van der Waals surface area contributed by atoms with Gasteiger partial charge in [-0.3, -0.25) is 9.69 Å². The second kappa shape index (κ2) is 9.00. The van der Waals surface area contributed by atoms with Crippen LogP contribution in [0.3, 0.4) is 0 Å². The lowest BCUT2D eigenvalue weighted by Crippen LogP contribution is -2.31. The van der Waals surface area contributed by atoms with Gasteiger partial charge in [-0.05, 0) is 57.9 Å². The molecule has 0 radical (unpaired) electrons. The molecule has 0 unspecified atom stereocenters. The minimum Gasteiger partial charge on any atom is -0.481 e. The number of carboxylic acid groups (broad SMARTS) is 1. The molecule has 1 aromatic heterocycles. The van der Waals surface area contributed by atoms with Gasteiger partial charge in [-0.2, -0.15) is 0 Å². The predicted octanol–water partition coefficient (Wildman–Crippen LogP) is 5.19. The average molecular weight is 346 g/mol. The molecule has 0 bridgehead atoms. The third kappa shape index (κ3) is 5.77. The van der Waals surface area contributed by atoms with E-state index in [2.05, 4.69) is 62.1 Å². The van der Waals surface area contributed by atoms with E-state index in [4.69, 9.17) is 5.11 Å². The minimum absolute atomic E-state index is 0.266. The van der Waals surface area contributed by atoms with Crippen LogP contribution in [0.5, 0.6) is 0 Å². The second-order valence-electron chi connectivity index (χ2n) is 6.55. The number of aliphatic carboxylic acids is 1. The summed E-state index contributed by atoms with van der Waals surface area (Å²) in [5, 5.41) is 8.74. The Hall–Kier alpha value is -1.65. The van der Waals surface area contributed by atoms with Gasteiger partial charge in [0.15, 0.2) is 0 Å². The summed E-state index contributed by atoms with van der Waals surface area (Å²) in [4.78, 5) is 15.7. The van der Waals surface area contributed by atoms with Crippen molar-refractivity contribution in [2.75, 3.05) is 6.54 Å². The van der Waals surface area contributed by atoms with Crippen molar-refractivity contribution in [1.82, 2.24) is 4.90 Å². The van der Waals surface area contributed by atoms with E-state index in [9.17, 15) is 4.79 Å². The van der Waals surface area contributed by atoms with Crippen LogP contribution in [-0.4, -0.2) is 28.6 Å². The fourth-order valence-electron chi connectivity index (χ4n) is 2.65. The molecule has 1 heterocycles. The van der Waals surface area contributed by atoms with Gasteiger partial charge in [0.25, 0.3) is 0 Å². The quantitative estimate of drug-likeness (QED) is 0.636. The van der Waals surface area contributed by atoms with Crippen LogP contribution in [0.2, 0.25) is 0 Å². The molecule has 2 rings (SSSR count). The van der Waals surface area contributed by atoms with Gasteiger partial charge in [0.05, 0.1) is 0 Å². The van der Waals surface area contributed by atoms with Crippen molar-refractivity contribution in [2.24, 2.45) is 0 Å². The molecule has 1 aromatic carbocycles. The van der Waals surface area contributed by atoms with E-state index in [-0.39, 0.29) is 6.42 Å². The van der Waals surface area contributed by atoms with E-state index in [0.717, 1.165) is 25.9 Å². The molecule has 0 aliphatic rings. The third-order valence-electron chi connectivity index (χ3n) is 4.17. The molecule has 0 saturated heterocycles. The summed E-state index contributed by atoms with van der Waals surface area (Å²) in [7, 11) is 0. The van der Waals surface area contributed by atoms with Crippen molar-refractivity contribution in [2.45, 2.75) is 52.6 Å². The van der Waals surface area contributed by atoms with E-state index in [1.807, 2.05) is 11.3 Å². The van der Waals surface area contributed by atoms with Crippen molar-refractivity contribution in [3.8, 4) is 10.4 Å². The van der Waals surface area contributed by atoms with Crippen molar-refractivity contribution in [3.05, 3.63) is 46.8 Å². The third-order valence-corrected chi connectivity index (χ3v) is 5.29. The largest absolute Gasteiger partial charge is 0.481 e. The van der Waals surface area contributed by atoms with Gasteiger partial charge in [0, 0.05) is 28.8 Å². The van der Waals surface area contributed by atoms with E-state index in [0.29, 0.717) is 6.04 Å². The number of nitrogens with zero attached hydrogens (tertiary/aromatic N) is 1. The van der Waals surface area contributed by atoms with Crippen molar-refractivity contribution >= 4 is 17.3 Å². The summed E-state index contributed by atoms with van der Waals surface area (Å²) in [5.74, 6) is -0.702. The molecule has 130 valence electrons. The maximum absolute atomic E-state index is 10.6. The van der Waals surface area contributed by atoms with Crippen LogP contribution in [0.4, 0.5) is 0 Å². The Morgan fingerprint density at radius 1 is 1.12 bits per heavy atom. The van der Waals surface area contributed by atoms with E-state index in [1.165, 1.54) is 20.9 Å².